The predicted octanol–water partition coefficient (Wildman–Crippen LogP) is 2.35. The largest absolute Gasteiger partial charge is 0.459 e. The maximum Gasteiger partial charge on any atom is 0.437 e. The van der Waals surface area contributed by atoms with Crippen LogP contribution in [0.25, 0.3) is 11.7 Å². The average Bonchev–Trinajstić information content (AvgIpc) is 3.13. The smallest absolute Gasteiger partial charge is 0.437 e. The fraction of sp³-hybridized carbons (Fsp3) is 0.188. The van der Waals surface area contributed by atoms with Crippen molar-refractivity contribution in [3.63, 3.8) is 0 Å². The molecule has 0 atom stereocenters. The Labute approximate surface area is 131 Å². The number of rotatable bonds is 4. The molecule has 118 valence electrons. The second-order valence-electron chi connectivity index (χ2n) is 5.16. The van der Waals surface area contributed by atoms with Crippen LogP contribution in [0.4, 0.5) is 5.69 Å². The summed E-state index contributed by atoms with van der Waals surface area (Å²) in [6, 6.07) is 8.86. The molecule has 1 aromatic carbocycles. The number of carbonyl (C=O) groups excluding carboxylic acids is 1. The van der Waals surface area contributed by atoms with Gasteiger partial charge in [-0.25, -0.2) is 4.79 Å². The molecular weight excluding hydrogens is 298 g/mol. The maximum atomic E-state index is 12.1. The lowest BCUT2D eigenvalue weighted by Crippen LogP contribution is -2.25. The number of aromatic nitrogens is 2. The first-order chi connectivity index (χ1) is 11.0. The highest BCUT2D eigenvalue weighted by atomic mass is 16.4. The Hall–Kier alpha value is -3.09. The van der Waals surface area contributed by atoms with E-state index in [-0.39, 0.29) is 18.3 Å². The van der Waals surface area contributed by atoms with E-state index in [0.29, 0.717) is 11.4 Å². The monoisotopic (exact) mass is 313 g/mol. The van der Waals surface area contributed by atoms with Gasteiger partial charge in [-0.3, -0.25) is 4.79 Å². The van der Waals surface area contributed by atoms with Crippen molar-refractivity contribution in [1.82, 2.24) is 9.78 Å². The molecule has 1 amide bonds. The van der Waals surface area contributed by atoms with Gasteiger partial charge in [-0.2, -0.15) is 4.68 Å². The van der Waals surface area contributed by atoms with Crippen LogP contribution in [0.2, 0.25) is 0 Å². The first kappa shape index (κ1) is 14.8. The molecule has 7 heteroatoms. The van der Waals surface area contributed by atoms with Crippen molar-refractivity contribution in [3.05, 3.63) is 58.3 Å². The molecule has 0 radical (unpaired) electrons. The Bertz CT molecular complexity index is 890. The van der Waals surface area contributed by atoms with E-state index < -0.39 is 5.76 Å². The normalized spacial score (nSPS) is 10.7. The summed E-state index contributed by atoms with van der Waals surface area (Å²) < 4.78 is 11.0. The Balaban J connectivity index is 1.73. The van der Waals surface area contributed by atoms with Gasteiger partial charge < -0.3 is 14.2 Å². The molecule has 0 fully saturated rings. The minimum absolute atomic E-state index is 0.0407. The molecular formula is C16H15N3O4. The van der Waals surface area contributed by atoms with E-state index in [9.17, 15) is 9.59 Å². The summed E-state index contributed by atoms with van der Waals surface area (Å²) in [4.78, 5) is 23.8. The molecule has 3 rings (SSSR count). The summed E-state index contributed by atoms with van der Waals surface area (Å²) >= 11 is 0. The number of anilines is 1. The maximum absolute atomic E-state index is 12.1. The zero-order valence-corrected chi connectivity index (χ0v) is 12.7. The number of benzene rings is 1. The van der Waals surface area contributed by atoms with Crippen LogP contribution in [-0.4, -0.2) is 15.7 Å². The summed E-state index contributed by atoms with van der Waals surface area (Å²) in [6.45, 7) is 3.71. The van der Waals surface area contributed by atoms with Crippen molar-refractivity contribution in [2.24, 2.45) is 0 Å². The summed E-state index contributed by atoms with van der Waals surface area (Å²) in [6.07, 6.45) is 1.45. The molecule has 0 unspecified atom stereocenters. The molecule has 2 heterocycles. The SMILES string of the molecule is Cc1ccc(NC(=O)Cn2nc(-c3ccco3)oc2=O)cc1C. The number of amides is 1. The summed E-state index contributed by atoms with van der Waals surface area (Å²) in [5.41, 5.74) is 2.88. The van der Waals surface area contributed by atoms with Crippen LogP contribution < -0.4 is 11.1 Å². The van der Waals surface area contributed by atoms with Gasteiger partial charge in [0.2, 0.25) is 5.91 Å². The van der Waals surface area contributed by atoms with E-state index in [4.69, 9.17) is 8.83 Å². The molecule has 0 aliphatic carbocycles. The first-order valence-corrected chi connectivity index (χ1v) is 7.02. The van der Waals surface area contributed by atoms with Crippen LogP contribution in [-0.2, 0) is 11.3 Å². The van der Waals surface area contributed by atoms with Crippen molar-refractivity contribution < 1.29 is 13.6 Å². The molecule has 0 bridgehead atoms. The highest BCUT2D eigenvalue weighted by molar-refractivity contribution is 5.90. The molecule has 7 nitrogen and oxygen atoms in total. The molecule has 1 N–H and O–H groups in total. The molecule has 0 saturated heterocycles. The fourth-order valence-electron chi connectivity index (χ4n) is 2.06. The lowest BCUT2D eigenvalue weighted by Gasteiger charge is -2.07. The number of furan rings is 1. The number of hydrogen-bond donors (Lipinski definition) is 1. The standard InChI is InChI=1S/C16H15N3O4/c1-10-5-6-12(8-11(10)2)17-14(20)9-19-16(21)23-15(18-19)13-4-3-7-22-13/h3-8H,9H2,1-2H3,(H,17,20). The second-order valence-corrected chi connectivity index (χ2v) is 5.16. The van der Waals surface area contributed by atoms with Gasteiger partial charge in [0.1, 0.15) is 6.54 Å². The van der Waals surface area contributed by atoms with Crippen LogP contribution in [0.1, 0.15) is 11.1 Å². The molecule has 0 aliphatic heterocycles. The van der Waals surface area contributed by atoms with Crippen LogP contribution >= 0.6 is 0 Å². The zero-order chi connectivity index (χ0) is 16.4. The van der Waals surface area contributed by atoms with Gasteiger partial charge in [-0.15, -0.1) is 5.10 Å². The number of nitrogens with one attached hydrogen (secondary N) is 1. The molecule has 0 spiro atoms. The third-order valence-corrected chi connectivity index (χ3v) is 3.42. The van der Waals surface area contributed by atoms with Gasteiger partial charge in [0, 0.05) is 5.69 Å². The molecule has 3 aromatic rings. The summed E-state index contributed by atoms with van der Waals surface area (Å²) in [5, 5.41) is 6.67. The van der Waals surface area contributed by atoms with Gasteiger partial charge in [0.05, 0.1) is 6.26 Å². The third kappa shape index (κ3) is 3.23. The number of aryl methyl sites for hydroxylation is 2. The van der Waals surface area contributed by atoms with Crippen molar-refractivity contribution >= 4 is 11.6 Å². The van der Waals surface area contributed by atoms with E-state index in [2.05, 4.69) is 10.4 Å². The molecule has 2 aromatic heterocycles. The first-order valence-electron chi connectivity index (χ1n) is 7.02. The van der Waals surface area contributed by atoms with Gasteiger partial charge >= 0.3 is 5.76 Å². The molecule has 0 aliphatic rings. The van der Waals surface area contributed by atoms with Gasteiger partial charge in [0.25, 0.3) is 5.89 Å². The van der Waals surface area contributed by atoms with Crippen LogP contribution in [0.3, 0.4) is 0 Å². The Morgan fingerprint density at radius 2 is 2.09 bits per heavy atom. The summed E-state index contributed by atoms with van der Waals surface area (Å²) in [7, 11) is 0. The number of nitrogens with zero attached hydrogens (tertiary/aromatic N) is 2. The van der Waals surface area contributed by atoms with E-state index in [1.807, 2.05) is 26.0 Å². The Morgan fingerprint density at radius 3 is 2.78 bits per heavy atom. The van der Waals surface area contributed by atoms with E-state index in [1.54, 1.807) is 18.2 Å². The molecule has 23 heavy (non-hydrogen) atoms. The van der Waals surface area contributed by atoms with Gasteiger partial charge in [-0.05, 0) is 49.2 Å². The lowest BCUT2D eigenvalue weighted by atomic mass is 10.1. The Morgan fingerprint density at radius 1 is 1.26 bits per heavy atom. The predicted molar refractivity (Wildman–Crippen MR) is 83.0 cm³/mol. The highest BCUT2D eigenvalue weighted by Gasteiger charge is 2.15. The van der Waals surface area contributed by atoms with Crippen LogP contribution in [0.5, 0.6) is 0 Å². The van der Waals surface area contributed by atoms with Crippen LogP contribution in [0.15, 0.2) is 50.2 Å². The summed E-state index contributed by atoms with van der Waals surface area (Å²) in [5.74, 6) is -0.712. The number of carbonyl (C=O) groups is 1. The lowest BCUT2D eigenvalue weighted by molar-refractivity contribution is -0.117. The van der Waals surface area contributed by atoms with Crippen molar-refractivity contribution in [1.29, 1.82) is 0 Å². The second kappa shape index (κ2) is 5.96. The van der Waals surface area contributed by atoms with Crippen LogP contribution in [0, 0.1) is 13.8 Å². The minimum Gasteiger partial charge on any atom is -0.459 e. The quantitative estimate of drug-likeness (QED) is 0.798. The van der Waals surface area contributed by atoms with Crippen molar-refractivity contribution in [2.45, 2.75) is 20.4 Å². The Kier molecular flexibility index (Phi) is 3.84. The van der Waals surface area contributed by atoms with Gasteiger partial charge in [0.15, 0.2) is 5.76 Å². The van der Waals surface area contributed by atoms with Gasteiger partial charge in [-0.1, -0.05) is 6.07 Å². The van der Waals surface area contributed by atoms with Crippen molar-refractivity contribution in [3.8, 4) is 11.7 Å². The van der Waals surface area contributed by atoms with Crippen molar-refractivity contribution in [2.75, 3.05) is 5.32 Å². The van der Waals surface area contributed by atoms with E-state index >= 15 is 0 Å². The fourth-order valence-corrected chi connectivity index (χ4v) is 2.06. The average molecular weight is 313 g/mol. The van der Waals surface area contributed by atoms with E-state index in [1.165, 1.54) is 6.26 Å². The highest BCUT2D eigenvalue weighted by Crippen LogP contribution is 2.16. The topological polar surface area (TPSA) is 90.3 Å². The third-order valence-electron chi connectivity index (χ3n) is 3.42. The minimum atomic E-state index is -0.716. The molecule has 0 saturated carbocycles. The zero-order valence-electron chi connectivity index (χ0n) is 12.7. The van der Waals surface area contributed by atoms with E-state index in [0.717, 1.165) is 15.8 Å². The number of hydrogen-bond acceptors (Lipinski definition) is 5.